The minimum absolute atomic E-state index is 0.0699. The lowest BCUT2D eigenvalue weighted by molar-refractivity contribution is -0.116. The molecule has 0 unspecified atom stereocenters. The van der Waals surface area contributed by atoms with Crippen LogP contribution in [0, 0.1) is 11.8 Å². The van der Waals surface area contributed by atoms with E-state index in [0.29, 0.717) is 48.2 Å². The number of hydrogen-bond acceptors (Lipinski definition) is 3. The summed E-state index contributed by atoms with van der Waals surface area (Å²) in [7, 11) is 0. The number of carbonyl (C=O) groups excluding carboxylic acids is 1. The largest absolute Gasteiger partial charge is 0.325 e. The van der Waals surface area contributed by atoms with Gasteiger partial charge in [0.2, 0.25) is 5.91 Å². The van der Waals surface area contributed by atoms with E-state index in [-0.39, 0.29) is 11.5 Å². The van der Waals surface area contributed by atoms with Gasteiger partial charge in [-0.3, -0.25) is 14.3 Å². The molecule has 7 nitrogen and oxygen atoms in total. The molecule has 0 bridgehead atoms. The molecule has 7 heteroatoms. The van der Waals surface area contributed by atoms with E-state index in [9.17, 15) is 9.59 Å². The maximum absolute atomic E-state index is 13.0. The number of H-pyrrole nitrogens is 1. The number of aromatic nitrogens is 4. The molecule has 0 aliphatic heterocycles. The molecule has 0 aliphatic carbocycles. The summed E-state index contributed by atoms with van der Waals surface area (Å²) in [4.78, 5) is 30.3. The number of aromatic amines is 1. The van der Waals surface area contributed by atoms with Crippen LogP contribution in [-0.2, 0) is 17.9 Å². The molecule has 3 heterocycles. The number of nitrogens with one attached hydrogen (secondary N) is 2. The number of hydrogen-bond donors (Lipinski definition) is 2. The molecule has 1 amide bonds. The first kappa shape index (κ1) is 20.7. The first-order chi connectivity index (χ1) is 14.1. The van der Waals surface area contributed by atoms with E-state index in [1.54, 1.807) is 17.0 Å². The summed E-state index contributed by atoms with van der Waals surface area (Å²) in [5.74, 6) is 5.88. The lowest BCUT2D eigenvalue weighted by atomic mass is 10.1. The molecule has 154 valence electrons. The summed E-state index contributed by atoms with van der Waals surface area (Å²) in [6.45, 7) is 7.24. The van der Waals surface area contributed by atoms with E-state index in [2.05, 4.69) is 29.2 Å². The molecule has 29 heavy (non-hydrogen) atoms. The van der Waals surface area contributed by atoms with Crippen molar-refractivity contribution in [1.29, 1.82) is 0 Å². The molecule has 0 atom stereocenters. The third-order valence-corrected chi connectivity index (χ3v) is 4.99. The van der Waals surface area contributed by atoms with Gasteiger partial charge >= 0.3 is 0 Å². The Kier molecular flexibility index (Phi) is 6.76. The second-order valence-corrected chi connectivity index (χ2v) is 7.22. The van der Waals surface area contributed by atoms with E-state index < -0.39 is 0 Å². The maximum atomic E-state index is 13.0. The van der Waals surface area contributed by atoms with Crippen LogP contribution in [-0.4, -0.2) is 25.2 Å². The zero-order valence-corrected chi connectivity index (χ0v) is 17.5. The molecule has 0 aromatic carbocycles. The van der Waals surface area contributed by atoms with Crippen molar-refractivity contribution in [2.45, 2.75) is 72.4 Å². The van der Waals surface area contributed by atoms with Crippen LogP contribution in [0.5, 0.6) is 0 Å². The van der Waals surface area contributed by atoms with Crippen molar-refractivity contribution in [2.75, 3.05) is 5.32 Å². The van der Waals surface area contributed by atoms with Gasteiger partial charge in [-0.05, 0) is 19.8 Å². The Morgan fingerprint density at radius 1 is 1.24 bits per heavy atom. The van der Waals surface area contributed by atoms with Gasteiger partial charge < -0.3 is 15.0 Å². The fourth-order valence-corrected chi connectivity index (χ4v) is 3.55. The molecular formula is C22H29N5O2. The summed E-state index contributed by atoms with van der Waals surface area (Å²) in [6, 6.07) is 0. The van der Waals surface area contributed by atoms with Crippen LogP contribution < -0.4 is 10.9 Å². The first-order valence-electron chi connectivity index (χ1n) is 10.4. The average molecular weight is 396 g/mol. The SMILES string of the molecule is CC#CCCn1[nH]cc2c(NC(=O)CCCCC)c3c(=O)n(CCC)cc3nc21. The van der Waals surface area contributed by atoms with Gasteiger partial charge in [-0.2, -0.15) is 0 Å². The predicted octanol–water partition coefficient (Wildman–Crippen LogP) is 4.02. The number of nitrogens with zero attached hydrogens (tertiary/aromatic N) is 3. The molecule has 0 fully saturated rings. The Bertz CT molecular complexity index is 1120. The standard InChI is InChI=1S/C22H29N5O2/c1-4-7-9-11-18(28)25-20-16-14-23-27(13-10-8-5-2)21(16)24-17-15-26(12-6-3)22(29)19(17)20/h14-15,23H,4,6-7,9-13H2,1-3H3,(H,25,28). The number of fused-ring (bicyclic) bond motifs is 2. The number of aryl methyl sites for hydroxylation is 2. The van der Waals surface area contributed by atoms with E-state index in [0.717, 1.165) is 31.1 Å². The van der Waals surface area contributed by atoms with Gasteiger partial charge in [0.25, 0.3) is 5.56 Å². The van der Waals surface area contributed by atoms with Gasteiger partial charge in [0.1, 0.15) is 0 Å². The van der Waals surface area contributed by atoms with Crippen LogP contribution in [0.4, 0.5) is 5.69 Å². The number of rotatable bonds is 9. The Morgan fingerprint density at radius 2 is 2.07 bits per heavy atom. The smallest absolute Gasteiger partial charge is 0.262 e. The molecule has 0 saturated heterocycles. The van der Waals surface area contributed by atoms with Crippen molar-refractivity contribution in [2.24, 2.45) is 0 Å². The van der Waals surface area contributed by atoms with Crippen molar-refractivity contribution < 1.29 is 4.79 Å². The lowest BCUT2D eigenvalue weighted by Gasteiger charge is -2.08. The lowest BCUT2D eigenvalue weighted by Crippen LogP contribution is -2.17. The molecule has 0 radical (unpaired) electrons. The van der Waals surface area contributed by atoms with E-state index in [1.165, 1.54) is 0 Å². The average Bonchev–Trinajstić information content (AvgIpc) is 3.24. The topological polar surface area (TPSA) is 84.7 Å². The summed E-state index contributed by atoms with van der Waals surface area (Å²) in [5, 5.41) is 7.43. The van der Waals surface area contributed by atoms with Crippen molar-refractivity contribution in [3.8, 4) is 11.8 Å². The molecule has 0 aliphatic rings. The zero-order chi connectivity index (χ0) is 20.8. The molecule has 3 rings (SSSR count). The molecule has 0 saturated carbocycles. The van der Waals surface area contributed by atoms with Crippen molar-refractivity contribution in [1.82, 2.24) is 19.3 Å². The Morgan fingerprint density at radius 3 is 2.79 bits per heavy atom. The van der Waals surface area contributed by atoms with Crippen molar-refractivity contribution in [3.05, 3.63) is 22.7 Å². The summed E-state index contributed by atoms with van der Waals surface area (Å²) < 4.78 is 3.59. The Balaban J connectivity index is 2.10. The van der Waals surface area contributed by atoms with Gasteiger partial charge in [-0.25, -0.2) is 4.98 Å². The minimum Gasteiger partial charge on any atom is -0.325 e. The number of amides is 1. The highest BCUT2D eigenvalue weighted by Gasteiger charge is 2.19. The second-order valence-electron chi connectivity index (χ2n) is 7.22. The van der Waals surface area contributed by atoms with Gasteiger partial charge in [-0.1, -0.05) is 26.7 Å². The van der Waals surface area contributed by atoms with Crippen molar-refractivity contribution >= 4 is 33.5 Å². The van der Waals surface area contributed by atoms with Gasteiger partial charge in [0.05, 0.1) is 28.5 Å². The predicted molar refractivity (Wildman–Crippen MR) is 117 cm³/mol. The highest BCUT2D eigenvalue weighted by molar-refractivity contribution is 6.11. The Labute approximate surface area is 170 Å². The maximum Gasteiger partial charge on any atom is 0.262 e. The first-order valence-corrected chi connectivity index (χ1v) is 10.4. The molecular weight excluding hydrogens is 366 g/mol. The van der Waals surface area contributed by atoms with Gasteiger partial charge in [-0.15, -0.1) is 11.8 Å². The van der Waals surface area contributed by atoms with E-state index in [4.69, 9.17) is 4.98 Å². The number of pyridine rings is 1. The minimum atomic E-state index is -0.107. The highest BCUT2D eigenvalue weighted by atomic mass is 16.1. The third kappa shape index (κ3) is 4.37. The van der Waals surface area contributed by atoms with E-state index in [1.807, 2.05) is 18.5 Å². The van der Waals surface area contributed by atoms with Crippen LogP contribution in [0.1, 0.15) is 59.3 Å². The molecule has 2 N–H and O–H groups in total. The fourth-order valence-electron chi connectivity index (χ4n) is 3.55. The molecule has 3 aromatic heterocycles. The second kappa shape index (κ2) is 9.46. The quantitative estimate of drug-likeness (QED) is 0.424. The monoisotopic (exact) mass is 395 g/mol. The molecule has 0 spiro atoms. The van der Waals surface area contributed by atoms with Gasteiger partial charge in [0, 0.05) is 31.8 Å². The fraction of sp³-hybridized carbons (Fsp3) is 0.500. The van der Waals surface area contributed by atoms with Crippen LogP contribution in [0.25, 0.3) is 21.9 Å². The number of carbonyl (C=O) groups is 1. The zero-order valence-electron chi connectivity index (χ0n) is 17.5. The normalized spacial score (nSPS) is 11.0. The highest BCUT2D eigenvalue weighted by Crippen LogP contribution is 2.29. The van der Waals surface area contributed by atoms with Crippen LogP contribution in [0.2, 0.25) is 0 Å². The van der Waals surface area contributed by atoms with Gasteiger partial charge in [0.15, 0.2) is 5.65 Å². The summed E-state index contributed by atoms with van der Waals surface area (Å²) >= 11 is 0. The van der Waals surface area contributed by atoms with Crippen molar-refractivity contribution in [3.63, 3.8) is 0 Å². The van der Waals surface area contributed by atoms with Crippen LogP contribution in [0.15, 0.2) is 17.2 Å². The molecule has 3 aromatic rings. The van der Waals surface area contributed by atoms with E-state index >= 15 is 0 Å². The number of unbranched alkanes of at least 4 members (excludes halogenated alkanes) is 2. The third-order valence-electron chi connectivity index (χ3n) is 4.99. The van der Waals surface area contributed by atoms with Crippen LogP contribution >= 0.6 is 0 Å². The Hall–Kier alpha value is -3.01. The summed E-state index contributed by atoms with van der Waals surface area (Å²) in [6.07, 6.45) is 8.49. The van der Waals surface area contributed by atoms with Crippen LogP contribution in [0.3, 0.4) is 0 Å². The number of anilines is 1. The summed E-state index contributed by atoms with van der Waals surface area (Å²) in [5.41, 5.74) is 1.77.